The van der Waals surface area contributed by atoms with Gasteiger partial charge in [0, 0.05) is 38.1 Å². The molecular formula is C20H25N3O2. The number of hydrogen-bond donors (Lipinski definition) is 1. The quantitative estimate of drug-likeness (QED) is 0.932. The highest BCUT2D eigenvalue weighted by molar-refractivity contribution is 5.93. The lowest BCUT2D eigenvalue weighted by Crippen LogP contribution is -2.31. The van der Waals surface area contributed by atoms with Crippen LogP contribution in [-0.4, -0.2) is 35.9 Å². The van der Waals surface area contributed by atoms with E-state index in [0.29, 0.717) is 6.54 Å². The zero-order valence-electron chi connectivity index (χ0n) is 14.9. The lowest BCUT2D eigenvalue weighted by molar-refractivity contribution is 0.0783. The largest absolute Gasteiger partial charge is 0.372 e. The molecule has 1 fully saturated rings. The Hall–Kier alpha value is -2.56. The maximum Gasteiger partial charge on any atom is 0.260 e. The average molecular weight is 339 g/mol. The first-order chi connectivity index (χ1) is 12.0. The van der Waals surface area contributed by atoms with Crippen molar-refractivity contribution >= 4 is 11.6 Å². The van der Waals surface area contributed by atoms with Gasteiger partial charge in [-0.1, -0.05) is 12.1 Å². The number of hydrogen-bond acceptors (Lipinski definition) is 3. The highest BCUT2D eigenvalue weighted by Gasteiger charge is 2.16. The first-order valence-corrected chi connectivity index (χ1v) is 8.84. The van der Waals surface area contributed by atoms with Crippen molar-refractivity contribution < 1.29 is 4.79 Å². The minimum atomic E-state index is -0.336. The third kappa shape index (κ3) is 4.10. The van der Waals surface area contributed by atoms with Crippen molar-refractivity contribution in [2.75, 3.05) is 25.0 Å². The minimum Gasteiger partial charge on any atom is -0.372 e. The van der Waals surface area contributed by atoms with Gasteiger partial charge in [0.15, 0.2) is 0 Å². The number of H-pyrrole nitrogens is 1. The number of anilines is 1. The number of carbonyl (C=O) groups excluding carboxylic acids is 1. The van der Waals surface area contributed by atoms with E-state index in [4.69, 9.17) is 0 Å². The molecule has 1 saturated heterocycles. The molecule has 2 heterocycles. The summed E-state index contributed by atoms with van der Waals surface area (Å²) in [4.78, 5) is 31.1. The fraction of sp³-hybridized carbons (Fsp3) is 0.400. The Morgan fingerprint density at radius 2 is 1.76 bits per heavy atom. The van der Waals surface area contributed by atoms with Gasteiger partial charge in [0.05, 0.1) is 0 Å². The van der Waals surface area contributed by atoms with Crippen molar-refractivity contribution in [1.82, 2.24) is 9.88 Å². The van der Waals surface area contributed by atoms with Crippen molar-refractivity contribution in [3.8, 4) is 0 Å². The molecule has 1 N–H and O–H groups in total. The Bertz CT molecular complexity index is 789. The zero-order chi connectivity index (χ0) is 17.8. The molecule has 1 aliphatic heterocycles. The molecule has 0 radical (unpaired) electrons. The van der Waals surface area contributed by atoms with E-state index in [-0.39, 0.29) is 17.0 Å². The molecule has 0 unspecified atom stereocenters. The van der Waals surface area contributed by atoms with Crippen LogP contribution >= 0.6 is 0 Å². The molecular weight excluding hydrogens is 314 g/mol. The van der Waals surface area contributed by atoms with Crippen LogP contribution in [0.1, 0.15) is 40.9 Å². The van der Waals surface area contributed by atoms with Gasteiger partial charge in [-0.05, 0) is 56.0 Å². The van der Waals surface area contributed by atoms with Crippen LogP contribution in [0, 0.1) is 6.92 Å². The Labute approximate surface area is 148 Å². The van der Waals surface area contributed by atoms with Crippen molar-refractivity contribution in [3.63, 3.8) is 0 Å². The van der Waals surface area contributed by atoms with Gasteiger partial charge < -0.3 is 14.8 Å². The second kappa shape index (κ2) is 7.55. The number of nitrogens with zero attached hydrogens (tertiary/aromatic N) is 2. The van der Waals surface area contributed by atoms with Crippen LogP contribution in [0.25, 0.3) is 0 Å². The van der Waals surface area contributed by atoms with Crippen LogP contribution in [0.15, 0.2) is 41.2 Å². The molecule has 0 atom stereocenters. The van der Waals surface area contributed by atoms with E-state index in [1.807, 2.05) is 0 Å². The fourth-order valence-electron chi connectivity index (χ4n) is 3.26. The Kier molecular flexibility index (Phi) is 5.22. The van der Waals surface area contributed by atoms with Crippen molar-refractivity contribution in [3.05, 3.63) is 63.6 Å². The van der Waals surface area contributed by atoms with E-state index in [1.54, 1.807) is 31.0 Å². The molecule has 1 aromatic heterocycles. The number of aromatic amines is 1. The van der Waals surface area contributed by atoms with Gasteiger partial charge in [-0.15, -0.1) is 0 Å². The summed E-state index contributed by atoms with van der Waals surface area (Å²) in [6.45, 7) is 4.51. The minimum absolute atomic E-state index is 0.179. The third-order valence-corrected chi connectivity index (χ3v) is 4.71. The van der Waals surface area contributed by atoms with Gasteiger partial charge in [-0.25, -0.2) is 0 Å². The molecule has 3 rings (SSSR count). The van der Waals surface area contributed by atoms with E-state index in [2.05, 4.69) is 34.1 Å². The molecule has 1 aromatic carbocycles. The number of pyridine rings is 1. The molecule has 1 amide bonds. The van der Waals surface area contributed by atoms with Gasteiger partial charge in [0.25, 0.3) is 11.5 Å². The topological polar surface area (TPSA) is 56.4 Å². The summed E-state index contributed by atoms with van der Waals surface area (Å²) in [6, 6.07) is 11.7. The number of benzene rings is 1. The van der Waals surface area contributed by atoms with Crippen LogP contribution in [0.5, 0.6) is 0 Å². The van der Waals surface area contributed by atoms with Crippen LogP contribution in [0.2, 0.25) is 0 Å². The standard InChI is InChI=1S/C20H25N3O2/c1-15-6-11-18(19(24)21-15)20(25)22(2)14-16-7-9-17(10-8-16)23-12-4-3-5-13-23/h6-11H,3-5,12-14H2,1-2H3,(H,21,24). The number of rotatable bonds is 4. The van der Waals surface area contributed by atoms with E-state index >= 15 is 0 Å². The van der Waals surface area contributed by atoms with Gasteiger partial charge in [-0.3, -0.25) is 9.59 Å². The van der Waals surface area contributed by atoms with Crippen LogP contribution in [-0.2, 0) is 6.54 Å². The zero-order valence-corrected chi connectivity index (χ0v) is 14.9. The van der Waals surface area contributed by atoms with Crippen LogP contribution in [0.4, 0.5) is 5.69 Å². The van der Waals surface area contributed by atoms with Crippen molar-refractivity contribution in [2.24, 2.45) is 0 Å². The monoisotopic (exact) mass is 339 g/mol. The molecule has 5 heteroatoms. The molecule has 5 nitrogen and oxygen atoms in total. The molecule has 0 bridgehead atoms. The smallest absolute Gasteiger partial charge is 0.260 e. The van der Waals surface area contributed by atoms with Crippen LogP contribution in [0.3, 0.4) is 0 Å². The van der Waals surface area contributed by atoms with Gasteiger partial charge in [-0.2, -0.15) is 0 Å². The number of nitrogens with one attached hydrogen (secondary N) is 1. The molecule has 0 saturated carbocycles. The molecule has 0 spiro atoms. The predicted molar refractivity (Wildman–Crippen MR) is 100 cm³/mol. The number of aryl methyl sites for hydroxylation is 1. The highest BCUT2D eigenvalue weighted by atomic mass is 16.2. The van der Waals surface area contributed by atoms with Gasteiger partial charge in [0.2, 0.25) is 0 Å². The summed E-state index contributed by atoms with van der Waals surface area (Å²) >= 11 is 0. The van der Waals surface area contributed by atoms with E-state index < -0.39 is 0 Å². The Balaban J connectivity index is 1.66. The molecule has 0 aliphatic carbocycles. The third-order valence-electron chi connectivity index (χ3n) is 4.71. The van der Waals surface area contributed by atoms with Gasteiger partial charge >= 0.3 is 0 Å². The van der Waals surface area contributed by atoms with Crippen molar-refractivity contribution in [1.29, 1.82) is 0 Å². The summed E-state index contributed by atoms with van der Waals surface area (Å²) < 4.78 is 0. The fourth-order valence-corrected chi connectivity index (χ4v) is 3.26. The summed E-state index contributed by atoms with van der Waals surface area (Å²) in [7, 11) is 1.72. The maximum atomic E-state index is 12.5. The van der Waals surface area contributed by atoms with Gasteiger partial charge in [0.1, 0.15) is 5.56 Å². The predicted octanol–water partition coefficient (Wildman–Crippen LogP) is 2.95. The first-order valence-electron chi connectivity index (χ1n) is 8.84. The summed E-state index contributed by atoms with van der Waals surface area (Å²) in [6.07, 6.45) is 3.83. The summed E-state index contributed by atoms with van der Waals surface area (Å²) in [5.41, 5.74) is 2.89. The molecule has 2 aromatic rings. The Morgan fingerprint density at radius 3 is 2.40 bits per heavy atom. The summed E-state index contributed by atoms with van der Waals surface area (Å²) in [5, 5.41) is 0. The number of piperidine rings is 1. The molecule has 132 valence electrons. The number of amides is 1. The number of carbonyl (C=O) groups is 1. The normalized spacial score (nSPS) is 14.4. The molecule has 1 aliphatic rings. The lowest BCUT2D eigenvalue weighted by atomic mass is 10.1. The lowest BCUT2D eigenvalue weighted by Gasteiger charge is -2.29. The summed E-state index contributed by atoms with van der Waals surface area (Å²) in [5.74, 6) is -0.263. The van der Waals surface area contributed by atoms with E-state index in [0.717, 1.165) is 24.3 Å². The second-order valence-corrected chi connectivity index (χ2v) is 6.76. The Morgan fingerprint density at radius 1 is 1.08 bits per heavy atom. The average Bonchev–Trinajstić information content (AvgIpc) is 2.62. The maximum absolute atomic E-state index is 12.5. The van der Waals surface area contributed by atoms with Crippen molar-refractivity contribution in [2.45, 2.75) is 32.7 Å². The SMILES string of the molecule is Cc1ccc(C(=O)N(C)Cc2ccc(N3CCCCC3)cc2)c(=O)[nH]1. The van der Waals surface area contributed by atoms with E-state index in [9.17, 15) is 9.59 Å². The highest BCUT2D eigenvalue weighted by Crippen LogP contribution is 2.20. The second-order valence-electron chi connectivity index (χ2n) is 6.76. The first kappa shape index (κ1) is 17.3. The van der Waals surface area contributed by atoms with E-state index in [1.165, 1.54) is 24.9 Å². The molecule has 25 heavy (non-hydrogen) atoms. The van der Waals surface area contributed by atoms with Crippen LogP contribution < -0.4 is 10.5 Å². The number of aromatic nitrogens is 1.